The van der Waals surface area contributed by atoms with Crippen molar-refractivity contribution in [2.45, 2.75) is 45.4 Å². The smallest absolute Gasteiger partial charge is 0.230 e. The Kier molecular flexibility index (Phi) is 7.51. The van der Waals surface area contributed by atoms with Crippen molar-refractivity contribution in [1.82, 2.24) is 10.3 Å². The Hall–Kier alpha value is -2.56. The zero-order valence-corrected chi connectivity index (χ0v) is 16.1. The maximum atomic E-state index is 6.17. The summed E-state index contributed by atoms with van der Waals surface area (Å²) in [5, 5.41) is 3.48. The number of benzene rings is 1. The summed E-state index contributed by atoms with van der Waals surface area (Å²) in [4.78, 5) is 9.30. The van der Waals surface area contributed by atoms with Gasteiger partial charge in [-0.1, -0.05) is 31.9 Å². The number of aliphatic imine (C=N–C) groups is 1. The molecule has 0 atom stereocenters. The minimum atomic E-state index is 0.549. The van der Waals surface area contributed by atoms with Gasteiger partial charge in [-0.2, -0.15) is 0 Å². The lowest BCUT2D eigenvalue weighted by Gasteiger charge is -2.16. The van der Waals surface area contributed by atoms with Crippen molar-refractivity contribution in [2.24, 2.45) is 4.99 Å². The van der Waals surface area contributed by atoms with Crippen molar-refractivity contribution >= 4 is 5.84 Å². The van der Waals surface area contributed by atoms with E-state index < -0.39 is 0 Å². The molecule has 0 amide bonds. The molecule has 0 bridgehead atoms. The van der Waals surface area contributed by atoms with Crippen LogP contribution < -0.4 is 14.8 Å². The molecule has 0 aliphatic carbocycles. The van der Waals surface area contributed by atoms with E-state index in [0.29, 0.717) is 18.2 Å². The van der Waals surface area contributed by atoms with Crippen LogP contribution in [0.15, 0.2) is 47.6 Å². The first-order valence-electron chi connectivity index (χ1n) is 10.0. The van der Waals surface area contributed by atoms with Crippen molar-refractivity contribution in [3.63, 3.8) is 0 Å². The molecule has 1 aliphatic rings. The standard InChI is InChI=1S/C22H29N3O2/c1-2-3-14-23-21-18-11-10-16-25-22(18)27-20-13-7-6-12-19(20)26-17-9-5-4-8-15-24-21/h6-7,10-13,16H,2-5,8-9,14-15,17H2,1H3,(H,23,24). The Bertz CT molecular complexity index is 746. The zero-order chi connectivity index (χ0) is 18.7. The summed E-state index contributed by atoms with van der Waals surface area (Å²) in [6.45, 7) is 4.58. The number of fused-ring (bicyclic) bond motifs is 2. The lowest BCUT2D eigenvalue weighted by atomic mass is 10.2. The minimum absolute atomic E-state index is 0.549. The number of nitrogens with zero attached hydrogens (tertiary/aromatic N) is 2. The topological polar surface area (TPSA) is 55.7 Å². The molecular weight excluding hydrogens is 338 g/mol. The Balaban J connectivity index is 1.93. The fraction of sp³-hybridized carbons (Fsp3) is 0.455. The molecule has 0 fully saturated rings. The molecule has 2 heterocycles. The Morgan fingerprint density at radius 1 is 1.00 bits per heavy atom. The van der Waals surface area contributed by atoms with Gasteiger partial charge in [-0.15, -0.1) is 0 Å². The number of rotatable bonds is 3. The van der Waals surface area contributed by atoms with Crippen LogP contribution >= 0.6 is 0 Å². The summed E-state index contributed by atoms with van der Waals surface area (Å²) < 4.78 is 12.1. The minimum Gasteiger partial charge on any atom is -0.490 e. The lowest BCUT2D eigenvalue weighted by Crippen LogP contribution is -2.26. The summed E-state index contributed by atoms with van der Waals surface area (Å²) in [6.07, 6.45) is 8.41. The second-order valence-corrected chi connectivity index (χ2v) is 6.68. The van der Waals surface area contributed by atoms with Gasteiger partial charge in [-0.25, -0.2) is 4.98 Å². The molecule has 0 saturated carbocycles. The molecule has 144 valence electrons. The van der Waals surface area contributed by atoms with E-state index in [1.165, 1.54) is 0 Å². The summed E-state index contributed by atoms with van der Waals surface area (Å²) in [7, 11) is 0. The predicted octanol–water partition coefficient (Wildman–Crippen LogP) is 4.96. The third-order valence-electron chi connectivity index (χ3n) is 4.48. The summed E-state index contributed by atoms with van der Waals surface area (Å²) >= 11 is 0. The largest absolute Gasteiger partial charge is 0.490 e. The van der Waals surface area contributed by atoms with Crippen LogP contribution in [0.2, 0.25) is 0 Å². The predicted molar refractivity (Wildman–Crippen MR) is 109 cm³/mol. The van der Waals surface area contributed by atoms with Gasteiger partial charge in [0.25, 0.3) is 0 Å². The third kappa shape index (κ3) is 5.71. The zero-order valence-electron chi connectivity index (χ0n) is 16.1. The van der Waals surface area contributed by atoms with Gasteiger partial charge < -0.3 is 14.8 Å². The van der Waals surface area contributed by atoms with E-state index in [1.54, 1.807) is 6.20 Å². The molecule has 27 heavy (non-hydrogen) atoms. The van der Waals surface area contributed by atoms with Gasteiger partial charge in [0.1, 0.15) is 5.84 Å². The molecule has 5 heteroatoms. The van der Waals surface area contributed by atoms with Crippen molar-refractivity contribution in [2.75, 3.05) is 19.7 Å². The van der Waals surface area contributed by atoms with E-state index in [0.717, 1.165) is 68.8 Å². The molecule has 1 aliphatic heterocycles. The van der Waals surface area contributed by atoms with Gasteiger partial charge in [0, 0.05) is 19.3 Å². The maximum Gasteiger partial charge on any atom is 0.230 e. The molecule has 0 unspecified atom stereocenters. The van der Waals surface area contributed by atoms with Gasteiger partial charge in [0.15, 0.2) is 11.5 Å². The van der Waals surface area contributed by atoms with Crippen LogP contribution in [0.3, 0.4) is 0 Å². The third-order valence-corrected chi connectivity index (χ3v) is 4.48. The molecule has 1 aromatic carbocycles. The average molecular weight is 367 g/mol. The first-order valence-corrected chi connectivity index (χ1v) is 10.0. The van der Waals surface area contributed by atoms with Crippen LogP contribution in [0.5, 0.6) is 17.4 Å². The van der Waals surface area contributed by atoms with Gasteiger partial charge >= 0.3 is 0 Å². The van der Waals surface area contributed by atoms with Crippen LogP contribution in [0.25, 0.3) is 0 Å². The maximum absolute atomic E-state index is 6.17. The second-order valence-electron chi connectivity index (χ2n) is 6.68. The van der Waals surface area contributed by atoms with Crippen LogP contribution in [0.4, 0.5) is 0 Å². The van der Waals surface area contributed by atoms with E-state index in [-0.39, 0.29) is 0 Å². The van der Waals surface area contributed by atoms with E-state index in [2.05, 4.69) is 17.2 Å². The summed E-state index contributed by atoms with van der Waals surface area (Å²) in [5.41, 5.74) is 0.889. The fourth-order valence-electron chi connectivity index (χ4n) is 2.97. The first-order chi connectivity index (χ1) is 13.4. The van der Waals surface area contributed by atoms with E-state index in [9.17, 15) is 0 Å². The van der Waals surface area contributed by atoms with Crippen LogP contribution in [0, 0.1) is 0 Å². The highest BCUT2D eigenvalue weighted by Crippen LogP contribution is 2.32. The number of aromatic nitrogens is 1. The molecule has 3 rings (SSSR count). The Morgan fingerprint density at radius 2 is 1.85 bits per heavy atom. The van der Waals surface area contributed by atoms with Crippen molar-refractivity contribution < 1.29 is 9.47 Å². The molecule has 5 nitrogen and oxygen atoms in total. The van der Waals surface area contributed by atoms with Crippen molar-refractivity contribution in [3.05, 3.63) is 48.2 Å². The van der Waals surface area contributed by atoms with Crippen LogP contribution in [-0.4, -0.2) is 30.5 Å². The van der Waals surface area contributed by atoms with E-state index >= 15 is 0 Å². The summed E-state index contributed by atoms with van der Waals surface area (Å²) in [6, 6.07) is 11.7. The second kappa shape index (κ2) is 10.6. The van der Waals surface area contributed by atoms with Gasteiger partial charge in [-0.3, -0.25) is 4.99 Å². The number of nitrogens with one attached hydrogen (secondary N) is 1. The van der Waals surface area contributed by atoms with Gasteiger partial charge in [0.05, 0.1) is 12.2 Å². The fourth-order valence-corrected chi connectivity index (χ4v) is 2.97. The highest BCUT2D eigenvalue weighted by molar-refractivity contribution is 6.00. The number of ether oxygens (including phenoxy) is 2. The van der Waals surface area contributed by atoms with Crippen molar-refractivity contribution in [3.8, 4) is 17.4 Å². The number of hydrogen-bond donors (Lipinski definition) is 1. The highest BCUT2D eigenvalue weighted by Gasteiger charge is 2.15. The van der Waals surface area contributed by atoms with Crippen molar-refractivity contribution in [1.29, 1.82) is 0 Å². The molecule has 1 aromatic heterocycles. The van der Waals surface area contributed by atoms with E-state index in [1.807, 2.05) is 36.4 Å². The average Bonchev–Trinajstić information content (AvgIpc) is 2.70. The molecular formula is C22H29N3O2. The van der Waals surface area contributed by atoms with Gasteiger partial charge in [0.2, 0.25) is 5.88 Å². The monoisotopic (exact) mass is 367 g/mol. The summed E-state index contributed by atoms with van der Waals surface area (Å²) in [5.74, 6) is 2.85. The van der Waals surface area contributed by atoms with E-state index in [4.69, 9.17) is 14.5 Å². The quantitative estimate of drug-likeness (QED) is 0.779. The van der Waals surface area contributed by atoms with Crippen LogP contribution in [-0.2, 0) is 0 Å². The molecule has 0 radical (unpaired) electrons. The first kappa shape index (κ1) is 19.2. The lowest BCUT2D eigenvalue weighted by molar-refractivity contribution is 0.290. The number of amidine groups is 1. The van der Waals surface area contributed by atoms with Crippen LogP contribution in [0.1, 0.15) is 51.0 Å². The highest BCUT2D eigenvalue weighted by atomic mass is 16.5. The van der Waals surface area contributed by atoms with Gasteiger partial charge in [-0.05, 0) is 49.9 Å². The molecule has 2 aromatic rings. The molecule has 1 N–H and O–H groups in total. The Labute approximate surface area is 161 Å². The number of hydrogen-bond acceptors (Lipinski definition) is 5. The SMILES string of the molecule is CCCCNC1=NCCCCCCOc2ccccc2Oc2ncccc21. The molecule has 0 saturated heterocycles. The Morgan fingerprint density at radius 3 is 2.74 bits per heavy atom. The number of para-hydroxylation sites is 2. The normalized spacial score (nSPS) is 15.2. The molecule has 0 spiro atoms. The number of pyridine rings is 1. The number of unbranched alkanes of at least 4 members (excludes halogenated alkanes) is 1.